The van der Waals surface area contributed by atoms with Gasteiger partial charge in [-0.25, -0.2) is 13.5 Å². The van der Waals surface area contributed by atoms with Crippen LogP contribution in [-0.4, -0.2) is 25.2 Å². The van der Waals surface area contributed by atoms with Gasteiger partial charge in [0.15, 0.2) is 0 Å². The third kappa shape index (κ3) is 3.14. The SMILES string of the molecule is Cc1ccc(-c2ccc(=O)[nH]n2)cc1S(=O)(=O)N1CCCc2ccccc21. The number of rotatable bonds is 3. The number of aromatic nitrogens is 2. The second-order valence-corrected chi connectivity index (χ2v) is 8.43. The van der Waals surface area contributed by atoms with Gasteiger partial charge in [-0.1, -0.05) is 30.3 Å². The number of para-hydroxylation sites is 1. The first-order valence-corrected chi connectivity index (χ1v) is 10.2. The number of fused-ring (bicyclic) bond motifs is 1. The fraction of sp³-hybridized carbons (Fsp3) is 0.200. The number of benzene rings is 2. The lowest BCUT2D eigenvalue weighted by Gasteiger charge is -2.31. The summed E-state index contributed by atoms with van der Waals surface area (Å²) in [5, 5.41) is 6.39. The second-order valence-electron chi connectivity index (χ2n) is 6.60. The number of aromatic amines is 1. The summed E-state index contributed by atoms with van der Waals surface area (Å²) in [5.74, 6) is 0. The second kappa shape index (κ2) is 6.66. The molecular formula is C20H19N3O3S. The van der Waals surface area contributed by atoms with Gasteiger partial charge in [-0.05, 0) is 49.1 Å². The van der Waals surface area contributed by atoms with E-state index in [0.717, 1.165) is 24.1 Å². The van der Waals surface area contributed by atoms with Gasteiger partial charge in [0.05, 0.1) is 16.3 Å². The highest BCUT2D eigenvalue weighted by Gasteiger charge is 2.30. The zero-order valence-electron chi connectivity index (χ0n) is 14.8. The van der Waals surface area contributed by atoms with Gasteiger partial charge in [-0.3, -0.25) is 9.10 Å². The number of nitrogens with zero attached hydrogens (tertiary/aromatic N) is 2. The molecule has 0 radical (unpaired) electrons. The molecule has 6 nitrogen and oxygen atoms in total. The first-order valence-electron chi connectivity index (χ1n) is 8.74. The molecule has 0 saturated carbocycles. The molecular weight excluding hydrogens is 362 g/mol. The minimum absolute atomic E-state index is 0.254. The van der Waals surface area contributed by atoms with Crippen LogP contribution in [0.3, 0.4) is 0 Å². The van der Waals surface area contributed by atoms with Crippen molar-refractivity contribution in [1.29, 1.82) is 0 Å². The van der Waals surface area contributed by atoms with Gasteiger partial charge in [0.2, 0.25) is 0 Å². The lowest BCUT2D eigenvalue weighted by atomic mass is 10.0. The van der Waals surface area contributed by atoms with Crippen LogP contribution >= 0.6 is 0 Å². The molecule has 2 aromatic carbocycles. The third-order valence-corrected chi connectivity index (χ3v) is 6.75. The highest BCUT2D eigenvalue weighted by atomic mass is 32.2. The Balaban J connectivity index is 1.82. The Hall–Kier alpha value is -2.93. The fourth-order valence-corrected chi connectivity index (χ4v) is 5.20. The number of anilines is 1. The molecule has 0 bridgehead atoms. The number of aryl methyl sites for hydroxylation is 2. The molecule has 0 unspecified atom stereocenters. The first kappa shape index (κ1) is 17.5. The van der Waals surface area contributed by atoms with E-state index in [1.165, 1.54) is 10.4 Å². The zero-order chi connectivity index (χ0) is 19.0. The lowest BCUT2D eigenvalue weighted by molar-refractivity contribution is 0.586. The van der Waals surface area contributed by atoms with Crippen LogP contribution in [-0.2, 0) is 16.4 Å². The monoisotopic (exact) mass is 381 g/mol. The summed E-state index contributed by atoms with van der Waals surface area (Å²) in [5.41, 5.74) is 3.32. The van der Waals surface area contributed by atoms with Gasteiger partial charge in [0.1, 0.15) is 0 Å². The Morgan fingerprint density at radius 3 is 2.67 bits per heavy atom. The van der Waals surface area contributed by atoms with Crippen molar-refractivity contribution in [1.82, 2.24) is 10.2 Å². The summed E-state index contributed by atoms with van der Waals surface area (Å²) in [4.78, 5) is 11.5. The van der Waals surface area contributed by atoms with E-state index in [2.05, 4.69) is 10.2 Å². The quantitative estimate of drug-likeness (QED) is 0.756. The maximum atomic E-state index is 13.5. The van der Waals surface area contributed by atoms with Crippen molar-refractivity contribution in [3.8, 4) is 11.3 Å². The molecule has 0 atom stereocenters. The molecule has 138 valence electrons. The van der Waals surface area contributed by atoms with Crippen LogP contribution in [0.5, 0.6) is 0 Å². The molecule has 1 aliphatic rings. The van der Waals surface area contributed by atoms with Crippen LogP contribution in [0.1, 0.15) is 17.5 Å². The topological polar surface area (TPSA) is 83.1 Å². The van der Waals surface area contributed by atoms with E-state index in [1.807, 2.05) is 24.3 Å². The molecule has 1 aliphatic heterocycles. The van der Waals surface area contributed by atoms with Crippen LogP contribution in [0.2, 0.25) is 0 Å². The zero-order valence-corrected chi connectivity index (χ0v) is 15.7. The van der Waals surface area contributed by atoms with Gasteiger partial charge >= 0.3 is 0 Å². The Bertz CT molecular complexity index is 1150. The van der Waals surface area contributed by atoms with Crippen molar-refractivity contribution in [2.45, 2.75) is 24.7 Å². The maximum absolute atomic E-state index is 13.5. The van der Waals surface area contributed by atoms with Crippen LogP contribution in [0, 0.1) is 6.92 Å². The lowest BCUT2D eigenvalue weighted by Crippen LogP contribution is -2.35. The molecule has 1 N–H and O–H groups in total. The molecule has 3 aromatic rings. The molecule has 0 amide bonds. The predicted octanol–water partition coefficient (Wildman–Crippen LogP) is 2.89. The van der Waals surface area contributed by atoms with E-state index in [4.69, 9.17) is 0 Å². The summed E-state index contributed by atoms with van der Waals surface area (Å²) in [7, 11) is -3.71. The summed E-state index contributed by atoms with van der Waals surface area (Å²) in [6, 6.07) is 15.8. The summed E-state index contributed by atoms with van der Waals surface area (Å²) < 4.78 is 28.4. The standard InChI is InChI=1S/C20H19N3O3S/c1-14-8-9-16(17-10-11-20(24)22-21-17)13-19(14)27(25,26)23-12-4-6-15-5-2-3-7-18(15)23/h2-3,5,7-11,13H,4,6,12H2,1H3,(H,22,24). The van der Waals surface area contributed by atoms with Crippen LogP contribution in [0.25, 0.3) is 11.3 Å². The van der Waals surface area contributed by atoms with Crippen LogP contribution in [0.4, 0.5) is 5.69 Å². The Morgan fingerprint density at radius 2 is 1.89 bits per heavy atom. The van der Waals surface area contributed by atoms with Gasteiger partial charge in [0.25, 0.3) is 15.6 Å². The highest BCUT2D eigenvalue weighted by molar-refractivity contribution is 7.92. The highest BCUT2D eigenvalue weighted by Crippen LogP contribution is 2.33. The van der Waals surface area contributed by atoms with Gasteiger partial charge in [-0.15, -0.1) is 0 Å². The molecule has 27 heavy (non-hydrogen) atoms. The molecule has 1 aromatic heterocycles. The maximum Gasteiger partial charge on any atom is 0.264 e. The number of hydrogen-bond donors (Lipinski definition) is 1. The van der Waals surface area contributed by atoms with E-state index in [1.54, 1.807) is 31.2 Å². The van der Waals surface area contributed by atoms with Gasteiger partial charge in [0, 0.05) is 18.2 Å². The van der Waals surface area contributed by atoms with Crippen LogP contribution in [0.15, 0.2) is 64.3 Å². The molecule has 0 aliphatic carbocycles. The largest absolute Gasteiger partial charge is 0.268 e. The average Bonchev–Trinajstić information content (AvgIpc) is 2.68. The van der Waals surface area contributed by atoms with Crippen molar-refractivity contribution in [3.63, 3.8) is 0 Å². The van der Waals surface area contributed by atoms with Crippen molar-refractivity contribution < 1.29 is 8.42 Å². The van der Waals surface area contributed by atoms with E-state index < -0.39 is 10.0 Å². The minimum Gasteiger partial charge on any atom is -0.268 e. The molecule has 0 spiro atoms. The van der Waals surface area contributed by atoms with E-state index in [0.29, 0.717) is 23.4 Å². The molecule has 2 heterocycles. The average molecular weight is 381 g/mol. The minimum atomic E-state index is -3.71. The smallest absolute Gasteiger partial charge is 0.264 e. The van der Waals surface area contributed by atoms with E-state index in [9.17, 15) is 13.2 Å². The molecule has 4 rings (SSSR count). The Morgan fingerprint density at radius 1 is 1.07 bits per heavy atom. The summed E-state index contributed by atoms with van der Waals surface area (Å²) in [6.45, 7) is 2.24. The Labute approximate surface area is 157 Å². The first-order chi connectivity index (χ1) is 13.0. The van der Waals surface area contributed by atoms with Crippen molar-refractivity contribution >= 4 is 15.7 Å². The van der Waals surface area contributed by atoms with E-state index >= 15 is 0 Å². The Kier molecular flexibility index (Phi) is 4.31. The van der Waals surface area contributed by atoms with Crippen molar-refractivity contribution in [3.05, 3.63) is 76.1 Å². The fourth-order valence-electron chi connectivity index (χ4n) is 3.41. The van der Waals surface area contributed by atoms with Gasteiger partial charge in [-0.2, -0.15) is 5.10 Å². The number of H-pyrrole nitrogens is 1. The molecule has 7 heteroatoms. The third-order valence-electron chi connectivity index (χ3n) is 4.80. The van der Waals surface area contributed by atoms with Crippen molar-refractivity contribution in [2.75, 3.05) is 10.8 Å². The molecule has 0 fully saturated rings. The predicted molar refractivity (Wildman–Crippen MR) is 104 cm³/mol. The van der Waals surface area contributed by atoms with Gasteiger partial charge < -0.3 is 0 Å². The summed E-state index contributed by atoms with van der Waals surface area (Å²) in [6.07, 6.45) is 1.67. The number of nitrogens with one attached hydrogen (secondary N) is 1. The molecule has 0 saturated heterocycles. The summed E-state index contributed by atoms with van der Waals surface area (Å²) >= 11 is 0. The van der Waals surface area contributed by atoms with Crippen LogP contribution < -0.4 is 9.86 Å². The number of hydrogen-bond acceptors (Lipinski definition) is 4. The normalized spacial score (nSPS) is 14.0. The van der Waals surface area contributed by atoms with E-state index in [-0.39, 0.29) is 10.5 Å². The van der Waals surface area contributed by atoms with Crippen molar-refractivity contribution in [2.24, 2.45) is 0 Å². The number of sulfonamides is 1.